The largest absolute Gasteiger partial charge is 0.496 e. The van der Waals surface area contributed by atoms with E-state index < -0.39 is 0 Å². The number of nitrogens with one attached hydrogen (secondary N) is 1. The Morgan fingerprint density at radius 2 is 2.19 bits per heavy atom. The van der Waals surface area contributed by atoms with Crippen LogP contribution in [0.2, 0.25) is 0 Å². The maximum atomic E-state index is 5.49. The molecule has 0 fully saturated rings. The van der Waals surface area contributed by atoms with E-state index in [0.717, 1.165) is 12.3 Å². The van der Waals surface area contributed by atoms with Crippen LogP contribution in [0.4, 0.5) is 0 Å². The molecule has 3 nitrogen and oxygen atoms in total. The number of fused-ring (bicyclic) bond motifs is 1. The van der Waals surface area contributed by atoms with E-state index in [1.165, 1.54) is 41.5 Å². The molecule has 1 heterocycles. The Morgan fingerprint density at radius 1 is 1.33 bits per heavy atom. The first kappa shape index (κ1) is 14.2. The molecule has 21 heavy (non-hydrogen) atoms. The first-order valence-corrected chi connectivity index (χ1v) is 7.70. The SMILES string of the molecule is CNC1CCCc2cn(Cc3cc(C)ccc3OC)cc21. The lowest BCUT2D eigenvalue weighted by atomic mass is 9.91. The number of methoxy groups -OCH3 is 1. The number of hydrogen-bond acceptors (Lipinski definition) is 2. The predicted octanol–water partition coefficient (Wildman–Crippen LogP) is 3.45. The molecule has 3 rings (SSSR count). The Bertz CT molecular complexity index is 630. The van der Waals surface area contributed by atoms with Crippen LogP contribution in [0, 0.1) is 6.92 Å². The maximum Gasteiger partial charge on any atom is 0.123 e. The van der Waals surface area contributed by atoms with Crippen LogP contribution in [0.15, 0.2) is 30.6 Å². The molecule has 0 amide bonds. The fourth-order valence-corrected chi connectivity index (χ4v) is 3.37. The van der Waals surface area contributed by atoms with E-state index in [4.69, 9.17) is 4.74 Å². The van der Waals surface area contributed by atoms with Crippen molar-refractivity contribution in [3.63, 3.8) is 0 Å². The maximum absolute atomic E-state index is 5.49. The summed E-state index contributed by atoms with van der Waals surface area (Å²) in [5.74, 6) is 0.970. The van der Waals surface area contributed by atoms with Crippen molar-refractivity contribution in [2.24, 2.45) is 0 Å². The minimum atomic E-state index is 0.509. The van der Waals surface area contributed by atoms with E-state index >= 15 is 0 Å². The highest BCUT2D eigenvalue weighted by Crippen LogP contribution is 2.31. The van der Waals surface area contributed by atoms with Gasteiger partial charge in [-0.15, -0.1) is 0 Å². The van der Waals surface area contributed by atoms with Gasteiger partial charge in [-0.05, 0) is 50.4 Å². The second kappa shape index (κ2) is 5.94. The minimum absolute atomic E-state index is 0.509. The van der Waals surface area contributed by atoms with Crippen molar-refractivity contribution in [3.8, 4) is 5.75 Å². The molecule has 0 saturated carbocycles. The molecule has 0 saturated heterocycles. The second-order valence-electron chi connectivity index (χ2n) is 5.96. The Balaban J connectivity index is 1.89. The quantitative estimate of drug-likeness (QED) is 0.930. The Hall–Kier alpha value is -1.74. The zero-order chi connectivity index (χ0) is 14.8. The summed E-state index contributed by atoms with van der Waals surface area (Å²) in [6, 6.07) is 6.88. The highest BCUT2D eigenvalue weighted by atomic mass is 16.5. The number of ether oxygens (including phenoxy) is 1. The van der Waals surface area contributed by atoms with Gasteiger partial charge in [0.2, 0.25) is 0 Å². The van der Waals surface area contributed by atoms with Crippen LogP contribution in [0.1, 0.15) is 41.1 Å². The summed E-state index contributed by atoms with van der Waals surface area (Å²) >= 11 is 0. The number of benzene rings is 1. The first-order valence-electron chi connectivity index (χ1n) is 7.70. The van der Waals surface area contributed by atoms with Crippen LogP contribution in [-0.4, -0.2) is 18.7 Å². The minimum Gasteiger partial charge on any atom is -0.496 e. The number of rotatable bonds is 4. The van der Waals surface area contributed by atoms with Gasteiger partial charge in [0.1, 0.15) is 5.75 Å². The van der Waals surface area contributed by atoms with Crippen molar-refractivity contribution in [2.75, 3.05) is 14.2 Å². The van der Waals surface area contributed by atoms with E-state index in [1.807, 2.05) is 0 Å². The summed E-state index contributed by atoms with van der Waals surface area (Å²) in [4.78, 5) is 0. The van der Waals surface area contributed by atoms with Gasteiger partial charge in [0.25, 0.3) is 0 Å². The third-order valence-electron chi connectivity index (χ3n) is 4.45. The van der Waals surface area contributed by atoms with Gasteiger partial charge >= 0.3 is 0 Å². The molecule has 1 aromatic heterocycles. The third kappa shape index (κ3) is 2.84. The van der Waals surface area contributed by atoms with Crippen molar-refractivity contribution < 1.29 is 4.74 Å². The summed E-state index contributed by atoms with van der Waals surface area (Å²) in [6.45, 7) is 2.99. The summed E-state index contributed by atoms with van der Waals surface area (Å²) in [6.07, 6.45) is 8.32. The number of aromatic nitrogens is 1. The first-order chi connectivity index (χ1) is 10.2. The zero-order valence-corrected chi connectivity index (χ0v) is 13.1. The Kier molecular flexibility index (Phi) is 4.02. The van der Waals surface area contributed by atoms with Gasteiger partial charge in [0, 0.05) is 24.0 Å². The van der Waals surface area contributed by atoms with E-state index in [1.54, 1.807) is 7.11 Å². The van der Waals surface area contributed by atoms with Crippen LogP contribution >= 0.6 is 0 Å². The Labute approximate surface area is 126 Å². The van der Waals surface area contributed by atoms with Crippen LogP contribution in [0.5, 0.6) is 5.75 Å². The van der Waals surface area contributed by atoms with E-state index in [-0.39, 0.29) is 0 Å². The summed E-state index contributed by atoms with van der Waals surface area (Å²) in [5, 5.41) is 3.43. The van der Waals surface area contributed by atoms with Gasteiger partial charge in [-0.1, -0.05) is 17.7 Å². The van der Waals surface area contributed by atoms with Gasteiger partial charge < -0.3 is 14.6 Å². The van der Waals surface area contributed by atoms with Gasteiger partial charge in [0.05, 0.1) is 13.7 Å². The molecule has 1 unspecified atom stereocenters. The molecule has 3 heteroatoms. The predicted molar refractivity (Wildman–Crippen MR) is 86.0 cm³/mol. The molecule has 1 aromatic carbocycles. The smallest absolute Gasteiger partial charge is 0.123 e. The molecule has 0 radical (unpaired) electrons. The van der Waals surface area contributed by atoms with E-state index in [0.29, 0.717) is 6.04 Å². The molecule has 0 bridgehead atoms. The van der Waals surface area contributed by atoms with Gasteiger partial charge in [-0.2, -0.15) is 0 Å². The highest BCUT2D eigenvalue weighted by Gasteiger charge is 2.20. The molecule has 1 N–H and O–H groups in total. The van der Waals surface area contributed by atoms with Crippen molar-refractivity contribution in [1.82, 2.24) is 9.88 Å². The topological polar surface area (TPSA) is 26.2 Å². The number of aryl methyl sites for hydroxylation is 2. The van der Waals surface area contributed by atoms with Crippen LogP contribution < -0.4 is 10.1 Å². The average Bonchev–Trinajstić information content (AvgIpc) is 2.89. The molecular formula is C18H24N2O. The molecule has 0 aliphatic heterocycles. The lowest BCUT2D eigenvalue weighted by Gasteiger charge is -2.21. The second-order valence-corrected chi connectivity index (χ2v) is 5.96. The summed E-state index contributed by atoms with van der Waals surface area (Å²) in [7, 11) is 3.80. The fourth-order valence-electron chi connectivity index (χ4n) is 3.37. The molecular weight excluding hydrogens is 260 g/mol. The number of nitrogens with zero attached hydrogens (tertiary/aromatic N) is 1. The molecule has 1 aliphatic carbocycles. The molecule has 1 aliphatic rings. The van der Waals surface area contributed by atoms with E-state index in [9.17, 15) is 0 Å². The number of hydrogen-bond donors (Lipinski definition) is 1. The molecule has 2 aromatic rings. The van der Waals surface area contributed by atoms with Gasteiger partial charge in [0.15, 0.2) is 0 Å². The highest BCUT2D eigenvalue weighted by molar-refractivity contribution is 5.38. The van der Waals surface area contributed by atoms with Crippen LogP contribution in [0.3, 0.4) is 0 Å². The van der Waals surface area contributed by atoms with Crippen molar-refractivity contribution in [2.45, 2.75) is 38.8 Å². The van der Waals surface area contributed by atoms with E-state index in [2.05, 4.69) is 54.4 Å². The molecule has 1 atom stereocenters. The Morgan fingerprint density at radius 3 is 2.95 bits per heavy atom. The molecule has 0 spiro atoms. The lowest BCUT2D eigenvalue weighted by molar-refractivity contribution is 0.408. The normalized spacial score (nSPS) is 17.6. The van der Waals surface area contributed by atoms with Crippen molar-refractivity contribution >= 4 is 0 Å². The zero-order valence-electron chi connectivity index (χ0n) is 13.1. The van der Waals surface area contributed by atoms with Crippen LogP contribution in [-0.2, 0) is 13.0 Å². The fraction of sp³-hybridized carbons (Fsp3) is 0.444. The van der Waals surface area contributed by atoms with Crippen molar-refractivity contribution in [3.05, 3.63) is 52.8 Å². The lowest BCUT2D eigenvalue weighted by Crippen LogP contribution is -2.20. The monoisotopic (exact) mass is 284 g/mol. The average molecular weight is 284 g/mol. The van der Waals surface area contributed by atoms with Gasteiger partial charge in [-0.3, -0.25) is 0 Å². The molecule has 112 valence electrons. The van der Waals surface area contributed by atoms with Crippen molar-refractivity contribution in [1.29, 1.82) is 0 Å². The third-order valence-corrected chi connectivity index (χ3v) is 4.45. The van der Waals surface area contributed by atoms with Gasteiger partial charge in [-0.25, -0.2) is 0 Å². The van der Waals surface area contributed by atoms with Crippen LogP contribution in [0.25, 0.3) is 0 Å². The summed E-state index contributed by atoms with van der Waals surface area (Å²) < 4.78 is 7.79. The standard InChI is InChI=1S/C18H24N2O/c1-13-7-8-18(21-3)15(9-13)11-20-10-14-5-4-6-17(19-2)16(14)12-20/h7-10,12,17,19H,4-6,11H2,1-3H3. The summed E-state index contributed by atoms with van der Waals surface area (Å²) in [5.41, 5.74) is 5.48.